The number of aliphatic hydroxyl groups is 2. The number of aliphatic hydroxyl groups excluding tert-OH is 2. The molecule has 4 aromatic rings. The zero-order valence-electron chi connectivity index (χ0n) is 36.3. The molecule has 12 heteroatoms. The van der Waals surface area contributed by atoms with Crippen molar-refractivity contribution >= 4 is 23.0 Å². The molecular formula is C50H55F4N2NaO5. The van der Waals surface area contributed by atoms with E-state index < -0.39 is 34.3 Å². The second-order valence-electron chi connectivity index (χ2n) is 16.6. The first-order chi connectivity index (χ1) is 28.8. The zero-order chi connectivity index (χ0) is 42.9. The first kappa shape index (κ1) is 48.6. The summed E-state index contributed by atoms with van der Waals surface area (Å²) in [5.41, 5.74) is 7.09. The van der Waals surface area contributed by atoms with Crippen LogP contribution < -0.4 is 40.2 Å². The van der Waals surface area contributed by atoms with Gasteiger partial charge in [0.2, 0.25) is 0 Å². The number of rotatable bonds is 8. The van der Waals surface area contributed by atoms with Gasteiger partial charge in [0.05, 0.1) is 22.2 Å². The largest absolute Gasteiger partial charge is 1.00 e. The van der Waals surface area contributed by atoms with Crippen molar-refractivity contribution < 1.29 is 72.4 Å². The summed E-state index contributed by atoms with van der Waals surface area (Å²) in [6.45, 7) is 7.97. The maximum absolute atomic E-state index is 13.9. The van der Waals surface area contributed by atoms with E-state index in [1.165, 1.54) is 12.1 Å². The third kappa shape index (κ3) is 8.75. The van der Waals surface area contributed by atoms with E-state index in [2.05, 4.69) is 10.6 Å². The molecule has 0 aromatic heterocycles. The van der Waals surface area contributed by atoms with Crippen LogP contribution in [0.25, 0.3) is 33.4 Å². The minimum atomic E-state index is -0.905. The van der Waals surface area contributed by atoms with Gasteiger partial charge in [0.15, 0.2) is 23.3 Å². The van der Waals surface area contributed by atoms with E-state index in [4.69, 9.17) is 0 Å². The van der Waals surface area contributed by atoms with E-state index in [1.54, 1.807) is 12.1 Å². The molecule has 62 heavy (non-hydrogen) atoms. The molecular weight excluding hydrogens is 808 g/mol. The predicted octanol–water partition coefficient (Wildman–Crippen LogP) is 8.54. The molecule has 0 unspecified atom stereocenters. The van der Waals surface area contributed by atoms with Crippen LogP contribution in [-0.2, 0) is 35.3 Å². The molecule has 2 aliphatic heterocycles. The Morgan fingerprint density at radius 2 is 0.871 bits per heavy atom. The van der Waals surface area contributed by atoms with Crippen molar-refractivity contribution in [3.8, 4) is 22.3 Å². The molecule has 2 saturated carbocycles. The fourth-order valence-corrected chi connectivity index (χ4v) is 10.1. The van der Waals surface area contributed by atoms with Crippen molar-refractivity contribution in [3.63, 3.8) is 0 Å². The molecule has 2 amide bonds. The minimum absolute atomic E-state index is 0. The summed E-state index contributed by atoms with van der Waals surface area (Å²) in [6.07, 6.45) is 11.6. The summed E-state index contributed by atoms with van der Waals surface area (Å²) >= 11 is 0. The smallest absolute Gasteiger partial charge is 0.870 e. The Bertz CT molecular complexity index is 2250. The zero-order valence-corrected chi connectivity index (χ0v) is 38.3. The Kier molecular flexibility index (Phi) is 15.6. The van der Waals surface area contributed by atoms with Crippen molar-refractivity contribution in [1.82, 2.24) is 10.6 Å². The van der Waals surface area contributed by atoms with Gasteiger partial charge >= 0.3 is 29.6 Å². The van der Waals surface area contributed by atoms with Crippen LogP contribution in [0.3, 0.4) is 0 Å². The number of carbonyl (C=O) groups is 2. The van der Waals surface area contributed by atoms with E-state index >= 15 is 0 Å². The van der Waals surface area contributed by atoms with Gasteiger partial charge in [0.25, 0.3) is 11.8 Å². The number of carbonyl (C=O) groups excluding carboxylic acids is 2. The van der Waals surface area contributed by atoms with Crippen LogP contribution in [0, 0.1) is 23.3 Å². The quantitative estimate of drug-likeness (QED) is 0.104. The van der Waals surface area contributed by atoms with Gasteiger partial charge in [-0.05, 0) is 131 Å². The standard InChI is InChI=1S/2C25H27F2NO2.Na.H2O/c2*1-3-15-8-10-18(16-9-11-19(26)20(27)14-16)17(4-2)21(15)22-23(29)25(28-24(22)30)12-6-5-7-13-25;;/h2*8-11,14,29H,3-7,12-13H2,1-2H3,(H,28,30);;1H2/q;;+1;/p-1. The van der Waals surface area contributed by atoms with Crippen molar-refractivity contribution in [1.29, 1.82) is 0 Å². The number of benzene rings is 4. The van der Waals surface area contributed by atoms with Gasteiger partial charge in [-0.15, -0.1) is 0 Å². The van der Waals surface area contributed by atoms with E-state index in [0.717, 1.165) is 121 Å². The van der Waals surface area contributed by atoms with Gasteiger partial charge in [-0.1, -0.05) is 103 Å². The van der Waals surface area contributed by atoms with Gasteiger partial charge in [-0.3, -0.25) is 9.59 Å². The van der Waals surface area contributed by atoms with E-state index in [0.29, 0.717) is 48.0 Å². The molecule has 4 aliphatic rings. The Morgan fingerprint density at radius 1 is 0.516 bits per heavy atom. The third-order valence-electron chi connectivity index (χ3n) is 13.2. The van der Waals surface area contributed by atoms with Crippen LogP contribution in [-0.4, -0.2) is 38.6 Å². The van der Waals surface area contributed by atoms with Crippen LogP contribution in [0.1, 0.15) is 125 Å². The Hall–Kier alpha value is -4.42. The van der Waals surface area contributed by atoms with Gasteiger partial charge in [0.1, 0.15) is 11.5 Å². The average molecular weight is 863 g/mol. The number of hydrogen-bond donors (Lipinski definition) is 4. The second-order valence-corrected chi connectivity index (χ2v) is 16.6. The fourth-order valence-electron chi connectivity index (χ4n) is 10.1. The number of amides is 2. The second kappa shape index (κ2) is 20.0. The molecule has 0 bridgehead atoms. The maximum Gasteiger partial charge on any atom is 1.00 e. The average Bonchev–Trinajstić information content (AvgIpc) is 3.63. The van der Waals surface area contributed by atoms with Gasteiger partial charge in [-0.2, -0.15) is 0 Å². The number of aryl methyl sites for hydroxylation is 2. The molecule has 0 saturated heterocycles. The topological polar surface area (TPSA) is 129 Å². The van der Waals surface area contributed by atoms with E-state index in [1.807, 2.05) is 52.0 Å². The SMILES string of the molecule is CCc1ccc(-c2ccc(F)c(F)c2)c(CC)c1C1=C(O)C2(CCCCC2)NC1=O.CCc1ccc(-c2ccc(F)c(F)c2)c(CC)c1C1=C(O)C2(CCCCC2)NC1=O.[Na+].[OH-]. The summed E-state index contributed by atoms with van der Waals surface area (Å²) in [7, 11) is 0. The molecule has 2 fully saturated rings. The van der Waals surface area contributed by atoms with E-state index in [9.17, 15) is 37.4 Å². The molecule has 2 spiro atoms. The Labute approximate surface area is 383 Å². The summed E-state index contributed by atoms with van der Waals surface area (Å²) < 4.78 is 54.8. The number of nitrogens with one attached hydrogen (secondary N) is 2. The molecule has 0 atom stereocenters. The Morgan fingerprint density at radius 3 is 1.18 bits per heavy atom. The maximum atomic E-state index is 13.9. The molecule has 7 nitrogen and oxygen atoms in total. The molecule has 4 aromatic carbocycles. The normalized spacial score (nSPS) is 17.6. The van der Waals surface area contributed by atoms with Crippen LogP contribution in [0.2, 0.25) is 0 Å². The number of halogens is 4. The van der Waals surface area contributed by atoms with Gasteiger partial charge in [0, 0.05) is 0 Å². The molecule has 324 valence electrons. The summed E-state index contributed by atoms with van der Waals surface area (Å²) in [4.78, 5) is 26.2. The summed E-state index contributed by atoms with van der Waals surface area (Å²) in [6, 6.07) is 15.3. The van der Waals surface area contributed by atoms with Gasteiger partial charge < -0.3 is 26.3 Å². The number of hydrogen-bond acceptors (Lipinski definition) is 5. The predicted molar refractivity (Wildman–Crippen MR) is 230 cm³/mol. The Balaban J connectivity index is 0.000000227. The molecule has 8 rings (SSSR count). The fraction of sp³-hybridized carbons (Fsp3) is 0.400. The van der Waals surface area contributed by atoms with Crippen LogP contribution in [0.4, 0.5) is 17.6 Å². The van der Waals surface area contributed by atoms with Crippen LogP contribution in [0.5, 0.6) is 0 Å². The van der Waals surface area contributed by atoms with Gasteiger partial charge in [-0.25, -0.2) is 17.6 Å². The summed E-state index contributed by atoms with van der Waals surface area (Å²) in [5.74, 6) is -3.82. The molecule has 0 radical (unpaired) electrons. The first-order valence-corrected chi connectivity index (χ1v) is 21.6. The van der Waals surface area contributed by atoms with Crippen molar-refractivity contribution in [2.24, 2.45) is 0 Å². The van der Waals surface area contributed by atoms with Crippen molar-refractivity contribution in [2.75, 3.05) is 0 Å². The van der Waals surface area contributed by atoms with Crippen LogP contribution in [0.15, 0.2) is 72.2 Å². The third-order valence-corrected chi connectivity index (χ3v) is 13.2. The van der Waals surface area contributed by atoms with Crippen molar-refractivity contribution in [3.05, 3.63) is 129 Å². The molecule has 2 aliphatic carbocycles. The van der Waals surface area contributed by atoms with Crippen molar-refractivity contribution in [2.45, 2.75) is 129 Å². The minimum Gasteiger partial charge on any atom is -0.870 e. The molecule has 2 heterocycles. The van der Waals surface area contributed by atoms with E-state index in [-0.39, 0.29) is 58.4 Å². The van der Waals surface area contributed by atoms with Crippen LogP contribution >= 0.6 is 0 Å². The monoisotopic (exact) mass is 862 g/mol. The summed E-state index contributed by atoms with van der Waals surface area (Å²) in [5, 5.41) is 28.7. The first-order valence-electron chi connectivity index (χ1n) is 21.6. The molecule has 5 N–H and O–H groups in total.